The minimum Gasteiger partial charge on any atom is -0.341 e. The highest BCUT2D eigenvalue weighted by Crippen LogP contribution is 2.16. The highest BCUT2D eigenvalue weighted by Gasteiger charge is 2.19. The number of amides is 1. The Morgan fingerprint density at radius 1 is 1.33 bits per heavy atom. The van der Waals surface area contributed by atoms with E-state index in [0.717, 1.165) is 0 Å². The highest BCUT2D eigenvalue weighted by atomic mass is 16.2. The van der Waals surface area contributed by atoms with Crippen molar-refractivity contribution in [2.24, 2.45) is 5.84 Å². The third-order valence-corrected chi connectivity index (χ3v) is 2.89. The molecule has 2 aromatic rings. The molecule has 112 valence electrons. The number of hydrogen-bond acceptors (Lipinski definition) is 7. The Labute approximate surface area is 121 Å². The summed E-state index contributed by atoms with van der Waals surface area (Å²) < 4.78 is 0. The first-order valence-electron chi connectivity index (χ1n) is 6.52. The van der Waals surface area contributed by atoms with Crippen LogP contribution in [0.2, 0.25) is 0 Å². The second-order valence-corrected chi connectivity index (χ2v) is 4.86. The van der Waals surface area contributed by atoms with Gasteiger partial charge in [-0.05, 0) is 6.92 Å². The molecule has 1 amide bonds. The van der Waals surface area contributed by atoms with Crippen molar-refractivity contribution in [3.63, 3.8) is 0 Å². The van der Waals surface area contributed by atoms with Crippen LogP contribution in [0.4, 0.5) is 5.69 Å². The Kier molecular flexibility index (Phi) is 4.43. The molecule has 2 aromatic heterocycles. The molecule has 0 aliphatic carbocycles. The SMILES string of the molecule is CC(C)c1ncc(NN)c(C(=O)NC(C)c2ncn[nH]2)n1. The smallest absolute Gasteiger partial charge is 0.272 e. The number of aromatic amines is 1. The molecule has 0 saturated carbocycles. The van der Waals surface area contributed by atoms with Crippen molar-refractivity contribution in [1.29, 1.82) is 0 Å². The number of carbonyl (C=O) groups excluding carboxylic acids is 1. The Morgan fingerprint density at radius 3 is 2.67 bits per heavy atom. The second kappa shape index (κ2) is 6.27. The van der Waals surface area contributed by atoms with Gasteiger partial charge >= 0.3 is 0 Å². The van der Waals surface area contributed by atoms with E-state index in [1.54, 1.807) is 6.92 Å². The van der Waals surface area contributed by atoms with Gasteiger partial charge in [-0.3, -0.25) is 15.7 Å². The van der Waals surface area contributed by atoms with Crippen LogP contribution in [0.3, 0.4) is 0 Å². The summed E-state index contributed by atoms with van der Waals surface area (Å²) in [6.07, 6.45) is 2.88. The van der Waals surface area contributed by atoms with Crippen molar-refractivity contribution in [2.45, 2.75) is 32.7 Å². The molecule has 2 heterocycles. The zero-order valence-corrected chi connectivity index (χ0v) is 12.1. The Balaban J connectivity index is 2.23. The quantitative estimate of drug-likeness (QED) is 0.465. The summed E-state index contributed by atoms with van der Waals surface area (Å²) >= 11 is 0. The van der Waals surface area contributed by atoms with Crippen LogP contribution >= 0.6 is 0 Å². The maximum absolute atomic E-state index is 12.3. The third-order valence-electron chi connectivity index (χ3n) is 2.89. The molecule has 1 atom stereocenters. The number of aromatic nitrogens is 5. The van der Waals surface area contributed by atoms with Crippen molar-refractivity contribution >= 4 is 11.6 Å². The van der Waals surface area contributed by atoms with Gasteiger partial charge in [0.25, 0.3) is 5.91 Å². The molecule has 5 N–H and O–H groups in total. The number of hydrogen-bond donors (Lipinski definition) is 4. The number of carbonyl (C=O) groups is 1. The molecule has 0 aliphatic heterocycles. The average molecular weight is 290 g/mol. The number of anilines is 1. The first-order valence-corrected chi connectivity index (χ1v) is 6.52. The van der Waals surface area contributed by atoms with Gasteiger partial charge in [0.1, 0.15) is 18.0 Å². The van der Waals surface area contributed by atoms with Crippen LogP contribution in [0.1, 0.15) is 54.9 Å². The lowest BCUT2D eigenvalue weighted by molar-refractivity contribution is 0.0933. The van der Waals surface area contributed by atoms with Gasteiger partial charge in [-0.15, -0.1) is 0 Å². The monoisotopic (exact) mass is 290 g/mol. The Hall–Kier alpha value is -2.55. The van der Waals surface area contributed by atoms with E-state index in [1.807, 2.05) is 13.8 Å². The molecule has 0 bridgehead atoms. The van der Waals surface area contributed by atoms with Crippen LogP contribution in [-0.2, 0) is 0 Å². The number of nitrogens with two attached hydrogens (primary N) is 1. The molecule has 0 fully saturated rings. The average Bonchev–Trinajstić information content (AvgIpc) is 3.00. The molecule has 0 aromatic carbocycles. The maximum Gasteiger partial charge on any atom is 0.272 e. The molecule has 0 saturated heterocycles. The topological polar surface area (TPSA) is 134 Å². The first kappa shape index (κ1) is 14.9. The van der Waals surface area contributed by atoms with Crippen molar-refractivity contribution in [3.05, 3.63) is 29.9 Å². The molecule has 2 rings (SSSR count). The van der Waals surface area contributed by atoms with Gasteiger partial charge in [0.2, 0.25) is 0 Å². The number of H-pyrrole nitrogens is 1. The van der Waals surface area contributed by atoms with E-state index in [2.05, 4.69) is 35.9 Å². The van der Waals surface area contributed by atoms with E-state index in [9.17, 15) is 4.79 Å². The van der Waals surface area contributed by atoms with Crippen molar-refractivity contribution in [1.82, 2.24) is 30.5 Å². The summed E-state index contributed by atoms with van der Waals surface area (Å²) in [5, 5.41) is 9.23. The zero-order chi connectivity index (χ0) is 15.4. The van der Waals surface area contributed by atoms with Gasteiger partial charge in [0.05, 0.1) is 17.9 Å². The lowest BCUT2D eigenvalue weighted by atomic mass is 10.2. The lowest BCUT2D eigenvalue weighted by Crippen LogP contribution is -2.30. The van der Waals surface area contributed by atoms with E-state index >= 15 is 0 Å². The molecule has 0 radical (unpaired) electrons. The highest BCUT2D eigenvalue weighted by molar-refractivity contribution is 5.97. The third kappa shape index (κ3) is 3.31. The Bertz CT molecular complexity index is 610. The van der Waals surface area contributed by atoms with E-state index in [1.165, 1.54) is 12.5 Å². The first-order chi connectivity index (χ1) is 10.0. The van der Waals surface area contributed by atoms with Crippen molar-refractivity contribution < 1.29 is 4.79 Å². The van der Waals surface area contributed by atoms with Gasteiger partial charge in [-0.1, -0.05) is 13.8 Å². The standard InChI is InChI=1S/C12H18N8O/c1-6(2)10-14-4-8(19-13)9(18-10)12(21)17-7(3)11-15-5-16-20-11/h4-7,19H,13H2,1-3H3,(H,17,21)(H,15,16,20). The molecule has 9 nitrogen and oxygen atoms in total. The van der Waals surface area contributed by atoms with E-state index < -0.39 is 0 Å². The van der Waals surface area contributed by atoms with Crippen LogP contribution in [-0.4, -0.2) is 31.1 Å². The normalized spacial score (nSPS) is 12.2. The molecule has 21 heavy (non-hydrogen) atoms. The fourth-order valence-electron chi connectivity index (χ4n) is 1.71. The lowest BCUT2D eigenvalue weighted by Gasteiger charge is -2.14. The number of nitrogens with one attached hydrogen (secondary N) is 3. The fourth-order valence-corrected chi connectivity index (χ4v) is 1.71. The summed E-state index contributed by atoms with van der Waals surface area (Å²) in [7, 11) is 0. The number of hydrazine groups is 1. The van der Waals surface area contributed by atoms with Gasteiger partial charge in [0.15, 0.2) is 5.69 Å². The second-order valence-electron chi connectivity index (χ2n) is 4.86. The molecule has 9 heteroatoms. The van der Waals surface area contributed by atoms with Crippen LogP contribution in [0.25, 0.3) is 0 Å². The molecule has 1 unspecified atom stereocenters. The summed E-state index contributed by atoms with van der Waals surface area (Å²) in [6.45, 7) is 5.69. The van der Waals surface area contributed by atoms with Gasteiger partial charge in [-0.25, -0.2) is 15.0 Å². The Morgan fingerprint density at radius 2 is 2.10 bits per heavy atom. The van der Waals surface area contributed by atoms with Gasteiger partial charge in [-0.2, -0.15) is 5.10 Å². The molecular weight excluding hydrogens is 272 g/mol. The summed E-state index contributed by atoms with van der Waals surface area (Å²) in [5.41, 5.74) is 2.99. The number of nitrogen functional groups attached to an aromatic ring is 1. The van der Waals surface area contributed by atoms with Crippen molar-refractivity contribution in [2.75, 3.05) is 5.43 Å². The van der Waals surface area contributed by atoms with Gasteiger partial charge in [0, 0.05) is 5.92 Å². The predicted molar refractivity (Wildman–Crippen MR) is 76.2 cm³/mol. The van der Waals surface area contributed by atoms with E-state index in [-0.39, 0.29) is 23.6 Å². The molecule has 0 aliphatic rings. The van der Waals surface area contributed by atoms with E-state index in [0.29, 0.717) is 17.3 Å². The molecular formula is C12H18N8O. The van der Waals surface area contributed by atoms with Crippen LogP contribution < -0.4 is 16.6 Å². The minimum atomic E-state index is -0.365. The fraction of sp³-hybridized carbons (Fsp3) is 0.417. The predicted octanol–water partition coefficient (Wildman–Crippen LogP) is 0.495. The largest absolute Gasteiger partial charge is 0.341 e. The van der Waals surface area contributed by atoms with Crippen LogP contribution in [0.5, 0.6) is 0 Å². The van der Waals surface area contributed by atoms with Crippen LogP contribution in [0.15, 0.2) is 12.5 Å². The summed E-state index contributed by atoms with van der Waals surface area (Å²) in [5.74, 6) is 6.28. The van der Waals surface area contributed by atoms with Crippen LogP contribution in [0, 0.1) is 0 Å². The summed E-state index contributed by atoms with van der Waals surface area (Å²) in [6, 6.07) is -0.330. The van der Waals surface area contributed by atoms with Crippen molar-refractivity contribution in [3.8, 4) is 0 Å². The number of rotatable bonds is 5. The maximum atomic E-state index is 12.3. The minimum absolute atomic E-state index is 0.107. The zero-order valence-electron chi connectivity index (χ0n) is 12.1. The number of nitrogens with zero attached hydrogens (tertiary/aromatic N) is 4. The molecule has 0 spiro atoms. The van der Waals surface area contributed by atoms with E-state index in [4.69, 9.17) is 5.84 Å². The summed E-state index contributed by atoms with van der Waals surface area (Å²) in [4.78, 5) is 24.8. The van der Waals surface area contributed by atoms with Gasteiger partial charge < -0.3 is 10.7 Å².